The smallest absolute Gasteiger partial charge is 0.0367 e. The monoisotopic (exact) mass is 246 g/mol. The second-order valence-electron chi connectivity index (χ2n) is 5.70. The molecule has 1 aromatic rings. The number of anilines is 1. The fourth-order valence-electron chi connectivity index (χ4n) is 2.65. The Morgan fingerprint density at radius 1 is 1.00 bits per heavy atom. The molecule has 0 atom stereocenters. The minimum atomic E-state index is 0.778. The van der Waals surface area contributed by atoms with E-state index in [0.29, 0.717) is 0 Å². The lowest BCUT2D eigenvalue weighted by atomic mass is 10.1. The van der Waals surface area contributed by atoms with Crippen molar-refractivity contribution in [2.24, 2.45) is 5.92 Å². The predicted molar refractivity (Wildman–Crippen MR) is 79.3 cm³/mol. The summed E-state index contributed by atoms with van der Waals surface area (Å²) < 4.78 is 0. The van der Waals surface area contributed by atoms with Crippen LogP contribution in [0.1, 0.15) is 26.3 Å². The number of piperazine rings is 1. The van der Waals surface area contributed by atoms with Gasteiger partial charge in [0.15, 0.2) is 0 Å². The summed E-state index contributed by atoms with van der Waals surface area (Å²) >= 11 is 0. The van der Waals surface area contributed by atoms with Crippen molar-refractivity contribution in [1.82, 2.24) is 4.90 Å². The molecule has 1 saturated heterocycles. The first-order valence-electron chi connectivity index (χ1n) is 7.25. The van der Waals surface area contributed by atoms with Crippen LogP contribution in [0.15, 0.2) is 24.3 Å². The van der Waals surface area contributed by atoms with Crippen molar-refractivity contribution < 1.29 is 0 Å². The molecule has 0 radical (unpaired) electrons. The molecule has 2 nitrogen and oxygen atoms in total. The number of hydrogen-bond acceptors (Lipinski definition) is 2. The van der Waals surface area contributed by atoms with Gasteiger partial charge in [0.25, 0.3) is 0 Å². The summed E-state index contributed by atoms with van der Waals surface area (Å²) in [5, 5.41) is 0. The van der Waals surface area contributed by atoms with Crippen LogP contribution in [-0.2, 0) is 6.42 Å². The molecular weight excluding hydrogens is 220 g/mol. The molecule has 2 heteroatoms. The molecule has 2 rings (SSSR count). The molecule has 0 bridgehead atoms. The first kappa shape index (κ1) is 13.4. The highest BCUT2D eigenvalue weighted by Crippen LogP contribution is 2.18. The summed E-state index contributed by atoms with van der Waals surface area (Å²) in [5.74, 6) is 0.778. The van der Waals surface area contributed by atoms with Crippen molar-refractivity contribution in [3.63, 3.8) is 0 Å². The lowest BCUT2D eigenvalue weighted by Gasteiger charge is -2.36. The van der Waals surface area contributed by atoms with Crippen LogP contribution in [-0.4, -0.2) is 37.6 Å². The van der Waals surface area contributed by atoms with E-state index in [1.54, 1.807) is 0 Å². The first-order chi connectivity index (χ1) is 8.69. The van der Waals surface area contributed by atoms with Gasteiger partial charge in [-0.25, -0.2) is 0 Å². The third-order valence-corrected chi connectivity index (χ3v) is 3.71. The minimum Gasteiger partial charge on any atom is -0.369 e. The number of aryl methyl sites for hydroxylation is 1. The van der Waals surface area contributed by atoms with E-state index in [0.717, 1.165) is 25.4 Å². The number of rotatable bonds is 4. The van der Waals surface area contributed by atoms with Crippen LogP contribution in [0.4, 0.5) is 5.69 Å². The maximum absolute atomic E-state index is 2.58. The van der Waals surface area contributed by atoms with Crippen molar-refractivity contribution in [1.29, 1.82) is 0 Å². The summed E-state index contributed by atoms with van der Waals surface area (Å²) in [4.78, 5) is 5.10. The van der Waals surface area contributed by atoms with Gasteiger partial charge < -0.3 is 4.90 Å². The molecule has 1 aliphatic heterocycles. The largest absolute Gasteiger partial charge is 0.369 e. The molecule has 0 unspecified atom stereocenters. The van der Waals surface area contributed by atoms with Gasteiger partial charge in [-0.05, 0) is 30.0 Å². The zero-order valence-electron chi connectivity index (χ0n) is 12.0. The van der Waals surface area contributed by atoms with Gasteiger partial charge in [-0.3, -0.25) is 4.90 Å². The molecule has 0 amide bonds. The molecule has 0 spiro atoms. The van der Waals surface area contributed by atoms with Gasteiger partial charge in [-0.1, -0.05) is 32.9 Å². The van der Waals surface area contributed by atoms with Crippen LogP contribution in [0.2, 0.25) is 0 Å². The summed E-state index contributed by atoms with van der Waals surface area (Å²) in [6, 6.07) is 9.07. The molecule has 0 aliphatic carbocycles. The van der Waals surface area contributed by atoms with Crippen LogP contribution >= 0.6 is 0 Å². The Hall–Kier alpha value is -1.02. The van der Waals surface area contributed by atoms with Gasteiger partial charge >= 0.3 is 0 Å². The Labute approximate surface area is 112 Å². The van der Waals surface area contributed by atoms with E-state index in [1.807, 2.05) is 0 Å². The van der Waals surface area contributed by atoms with Crippen molar-refractivity contribution >= 4 is 5.69 Å². The lowest BCUT2D eigenvalue weighted by molar-refractivity contribution is 0.231. The predicted octanol–water partition coefficient (Wildman–Crippen LogP) is 3.03. The molecular formula is C16H26N2. The van der Waals surface area contributed by atoms with Gasteiger partial charge in [0.2, 0.25) is 0 Å². The van der Waals surface area contributed by atoms with Crippen LogP contribution < -0.4 is 4.90 Å². The molecule has 0 N–H and O–H groups in total. The summed E-state index contributed by atoms with van der Waals surface area (Å²) in [6.45, 7) is 12.8. The maximum atomic E-state index is 2.58. The minimum absolute atomic E-state index is 0.778. The van der Waals surface area contributed by atoms with Crippen LogP contribution in [0.3, 0.4) is 0 Å². The standard InChI is InChI=1S/C16H26N2/c1-4-15-5-7-16(8-6-15)18-11-9-17(10-12-18)13-14(2)3/h5-8,14H,4,9-13H2,1-3H3. The molecule has 1 aliphatic rings. The van der Waals surface area contributed by atoms with Crippen LogP contribution in [0.5, 0.6) is 0 Å². The number of hydrogen-bond donors (Lipinski definition) is 0. The molecule has 100 valence electrons. The van der Waals surface area contributed by atoms with Crippen molar-refractivity contribution in [3.05, 3.63) is 29.8 Å². The molecule has 18 heavy (non-hydrogen) atoms. The van der Waals surface area contributed by atoms with Crippen molar-refractivity contribution in [2.45, 2.75) is 27.2 Å². The van der Waals surface area contributed by atoms with Crippen molar-refractivity contribution in [2.75, 3.05) is 37.6 Å². The second-order valence-corrected chi connectivity index (χ2v) is 5.70. The summed E-state index contributed by atoms with van der Waals surface area (Å²) in [7, 11) is 0. The Balaban J connectivity index is 1.88. The van der Waals surface area contributed by atoms with E-state index in [-0.39, 0.29) is 0 Å². The van der Waals surface area contributed by atoms with E-state index < -0.39 is 0 Å². The van der Waals surface area contributed by atoms with Gasteiger partial charge in [0, 0.05) is 38.4 Å². The fraction of sp³-hybridized carbons (Fsp3) is 0.625. The summed E-state index contributed by atoms with van der Waals surface area (Å²) in [6.07, 6.45) is 1.13. The van der Waals surface area contributed by atoms with Crippen LogP contribution in [0.25, 0.3) is 0 Å². The SMILES string of the molecule is CCc1ccc(N2CCN(CC(C)C)CC2)cc1. The Kier molecular flexibility index (Phi) is 4.65. The van der Waals surface area contributed by atoms with Crippen LogP contribution in [0, 0.1) is 5.92 Å². The highest BCUT2D eigenvalue weighted by atomic mass is 15.3. The normalized spacial score (nSPS) is 17.4. The van der Waals surface area contributed by atoms with Gasteiger partial charge in [0.05, 0.1) is 0 Å². The van der Waals surface area contributed by atoms with Gasteiger partial charge in [0.1, 0.15) is 0 Å². The zero-order valence-corrected chi connectivity index (χ0v) is 12.0. The van der Waals surface area contributed by atoms with E-state index in [2.05, 4.69) is 54.8 Å². The fourth-order valence-corrected chi connectivity index (χ4v) is 2.65. The Bertz CT molecular complexity index is 348. The third-order valence-electron chi connectivity index (χ3n) is 3.71. The maximum Gasteiger partial charge on any atom is 0.0367 e. The average molecular weight is 246 g/mol. The molecule has 1 aromatic carbocycles. The highest BCUT2D eigenvalue weighted by molar-refractivity contribution is 5.48. The molecule has 0 saturated carbocycles. The Morgan fingerprint density at radius 3 is 2.11 bits per heavy atom. The third kappa shape index (κ3) is 3.49. The van der Waals surface area contributed by atoms with Gasteiger partial charge in [-0.2, -0.15) is 0 Å². The quantitative estimate of drug-likeness (QED) is 0.806. The Morgan fingerprint density at radius 2 is 1.61 bits per heavy atom. The molecule has 1 heterocycles. The zero-order chi connectivity index (χ0) is 13.0. The highest BCUT2D eigenvalue weighted by Gasteiger charge is 2.17. The van der Waals surface area contributed by atoms with E-state index in [9.17, 15) is 0 Å². The lowest BCUT2D eigenvalue weighted by Crippen LogP contribution is -2.47. The number of nitrogens with zero attached hydrogens (tertiary/aromatic N) is 2. The second kappa shape index (κ2) is 6.24. The number of benzene rings is 1. The topological polar surface area (TPSA) is 6.48 Å². The average Bonchev–Trinajstić information content (AvgIpc) is 2.39. The molecule has 0 aromatic heterocycles. The van der Waals surface area contributed by atoms with Crippen molar-refractivity contribution in [3.8, 4) is 0 Å². The molecule has 1 fully saturated rings. The van der Waals surface area contributed by atoms with E-state index in [1.165, 1.54) is 30.9 Å². The van der Waals surface area contributed by atoms with Gasteiger partial charge in [-0.15, -0.1) is 0 Å². The summed E-state index contributed by atoms with van der Waals surface area (Å²) in [5.41, 5.74) is 2.81. The van der Waals surface area contributed by atoms with E-state index in [4.69, 9.17) is 0 Å². The first-order valence-corrected chi connectivity index (χ1v) is 7.25. The van der Waals surface area contributed by atoms with E-state index >= 15 is 0 Å².